The lowest BCUT2D eigenvalue weighted by Gasteiger charge is -1.82. The van der Waals surface area contributed by atoms with Crippen molar-refractivity contribution >= 4 is 24.3 Å². The van der Waals surface area contributed by atoms with Crippen LogP contribution in [0.4, 0.5) is 0 Å². The van der Waals surface area contributed by atoms with E-state index >= 15 is 0 Å². The lowest BCUT2D eigenvalue weighted by molar-refractivity contribution is 0.882. The van der Waals surface area contributed by atoms with Crippen LogP contribution >= 0.6 is 10.0 Å². The zero-order valence-corrected chi connectivity index (χ0v) is 10.7. The summed E-state index contributed by atoms with van der Waals surface area (Å²) < 4.78 is 0. The van der Waals surface area contributed by atoms with E-state index in [4.69, 9.17) is 10.0 Å². The molecule has 1 rings (SSSR count). The molecular weight excluding hydrogens is 195 g/mol. The van der Waals surface area contributed by atoms with Crippen LogP contribution in [0.5, 0.6) is 0 Å². The SMILES string of the molecule is CCC[CH2][AlH][Cl].Cc1cc[c]cc1. The van der Waals surface area contributed by atoms with E-state index in [2.05, 4.69) is 19.9 Å². The van der Waals surface area contributed by atoms with Crippen LogP contribution in [-0.2, 0) is 0 Å². The molecule has 0 nitrogen and oxygen atoms in total. The van der Waals surface area contributed by atoms with Crippen LogP contribution in [0.25, 0.3) is 0 Å². The Labute approximate surface area is 92.2 Å². The van der Waals surface area contributed by atoms with Gasteiger partial charge >= 0.3 is 14.3 Å². The first-order valence-electron chi connectivity index (χ1n) is 4.80. The van der Waals surface area contributed by atoms with Gasteiger partial charge in [-0.3, -0.25) is 10.0 Å². The minimum atomic E-state index is -0.125. The molecule has 0 saturated carbocycles. The monoisotopic (exact) mass is 211 g/mol. The first-order valence-corrected chi connectivity index (χ1v) is 7.93. The Bertz CT molecular complexity index is 183. The third-order valence-electron chi connectivity index (χ3n) is 1.62. The summed E-state index contributed by atoms with van der Waals surface area (Å²) in [6, 6.07) is 10.8. The fraction of sp³-hybridized carbons (Fsp3) is 0.455. The van der Waals surface area contributed by atoms with E-state index in [9.17, 15) is 0 Å². The van der Waals surface area contributed by atoms with Gasteiger partial charge in [-0.2, -0.15) is 0 Å². The van der Waals surface area contributed by atoms with Crippen LogP contribution in [0.3, 0.4) is 0 Å². The van der Waals surface area contributed by atoms with Crippen LogP contribution in [-0.4, -0.2) is 14.3 Å². The molecule has 13 heavy (non-hydrogen) atoms. The highest BCUT2D eigenvalue weighted by atomic mass is 35.6. The molecule has 0 aliphatic heterocycles. The summed E-state index contributed by atoms with van der Waals surface area (Å²) in [4.78, 5) is 0. The molecule has 1 radical (unpaired) electrons. The van der Waals surface area contributed by atoms with Gasteiger partial charge in [0.25, 0.3) is 0 Å². The number of halogens is 1. The Hall–Kier alpha value is 0.0425. The van der Waals surface area contributed by atoms with Gasteiger partial charge in [-0.05, 0) is 13.0 Å². The van der Waals surface area contributed by atoms with E-state index in [0.29, 0.717) is 0 Å². The minimum Gasteiger partial charge on any atom is -0.267 e. The minimum absolute atomic E-state index is 0.125. The maximum atomic E-state index is 5.52. The molecule has 0 heterocycles. The summed E-state index contributed by atoms with van der Waals surface area (Å²) in [6.45, 7) is 4.26. The Kier molecular flexibility index (Phi) is 10.2. The van der Waals surface area contributed by atoms with Crippen LogP contribution in [0.2, 0.25) is 5.28 Å². The van der Waals surface area contributed by atoms with Crippen LogP contribution in [0.15, 0.2) is 24.3 Å². The quantitative estimate of drug-likeness (QED) is 0.530. The second-order valence-corrected chi connectivity index (χ2v) is 5.19. The molecule has 0 bridgehead atoms. The molecule has 71 valence electrons. The van der Waals surface area contributed by atoms with E-state index in [0.717, 1.165) is 0 Å². The van der Waals surface area contributed by atoms with Crippen LogP contribution < -0.4 is 0 Å². The van der Waals surface area contributed by atoms with Gasteiger partial charge in [-0.25, -0.2) is 0 Å². The number of aryl methyl sites for hydroxylation is 1. The lowest BCUT2D eigenvalue weighted by Crippen LogP contribution is -1.73. The van der Waals surface area contributed by atoms with Gasteiger partial charge in [0.2, 0.25) is 0 Å². The first kappa shape index (κ1) is 13.0. The molecule has 0 aliphatic rings. The largest absolute Gasteiger partial charge is 0.376 e. The van der Waals surface area contributed by atoms with Crippen LogP contribution in [0, 0.1) is 13.0 Å². The second-order valence-electron chi connectivity index (χ2n) is 2.97. The van der Waals surface area contributed by atoms with Crippen molar-refractivity contribution in [3.63, 3.8) is 0 Å². The van der Waals surface area contributed by atoms with E-state index in [-0.39, 0.29) is 14.3 Å². The number of hydrogen-bond acceptors (Lipinski definition) is 0. The lowest BCUT2D eigenvalue weighted by atomic mass is 10.2. The number of hydrogen-bond donors (Lipinski definition) is 0. The van der Waals surface area contributed by atoms with Crippen molar-refractivity contribution in [3.8, 4) is 0 Å². The Balaban J connectivity index is 0.000000226. The normalized spacial score (nSPS) is 8.54. The Morgan fingerprint density at radius 1 is 1.38 bits per heavy atom. The van der Waals surface area contributed by atoms with Crippen molar-refractivity contribution < 1.29 is 0 Å². The summed E-state index contributed by atoms with van der Waals surface area (Å²) >= 11 is -0.125. The van der Waals surface area contributed by atoms with Crippen LogP contribution in [0.1, 0.15) is 25.3 Å². The molecule has 1 aromatic carbocycles. The van der Waals surface area contributed by atoms with Gasteiger partial charge in [-0.15, -0.1) is 0 Å². The molecule has 0 N–H and O–H groups in total. The average molecular weight is 212 g/mol. The topological polar surface area (TPSA) is 0 Å². The maximum Gasteiger partial charge on any atom is 0.376 e. The highest BCUT2D eigenvalue weighted by Gasteiger charge is 1.83. The Morgan fingerprint density at radius 3 is 2.23 bits per heavy atom. The predicted octanol–water partition coefficient (Wildman–Crippen LogP) is 3.59. The second kappa shape index (κ2) is 10.1. The third-order valence-corrected chi connectivity index (χ3v) is 3.19. The summed E-state index contributed by atoms with van der Waals surface area (Å²) in [5, 5.41) is 1.32. The Morgan fingerprint density at radius 2 is 2.00 bits per heavy atom. The van der Waals surface area contributed by atoms with Crippen molar-refractivity contribution in [3.05, 3.63) is 35.9 Å². The van der Waals surface area contributed by atoms with Gasteiger partial charge in [0.1, 0.15) is 0 Å². The number of benzene rings is 1. The summed E-state index contributed by atoms with van der Waals surface area (Å²) in [6.07, 6.45) is 2.65. The van der Waals surface area contributed by atoms with E-state index in [1.165, 1.54) is 23.7 Å². The molecule has 0 atom stereocenters. The molecule has 1 aromatic rings. The highest BCUT2D eigenvalue weighted by Crippen LogP contribution is 1.93. The molecular formula is C11H17AlCl. The third kappa shape index (κ3) is 9.96. The van der Waals surface area contributed by atoms with E-state index < -0.39 is 0 Å². The van der Waals surface area contributed by atoms with Crippen molar-refractivity contribution in [1.82, 2.24) is 0 Å². The molecule has 0 saturated heterocycles. The van der Waals surface area contributed by atoms with Crippen molar-refractivity contribution in [2.45, 2.75) is 32.0 Å². The zero-order chi connectivity index (χ0) is 9.94. The van der Waals surface area contributed by atoms with E-state index in [1.807, 2.05) is 24.3 Å². The standard InChI is InChI=1S/C7H7.C4H9.Al.ClH.H/c1-7-5-3-2-4-6-7;1-3-4-2;;;/h3-6H,1H3;1,3-4H2,2H3;;1H;/q;;+1;;/p-1. The van der Waals surface area contributed by atoms with Gasteiger partial charge in [0.15, 0.2) is 0 Å². The molecule has 0 fully saturated rings. The summed E-state index contributed by atoms with van der Waals surface area (Å²) in [5.74, 6) is 0. The molecule has 0 spiro atoms. The van der Waals surface area contributed by atoms with Crippen molar-refractivity contribution in [1.29, 1.82) is 0 Å². The molecule has 0 unspecified atom stereocenters. The number of unbranched alkanes of at least 4 members (excludes halogenated alkanes) is 1. The molecule has 2 heteroatoms. The molecule has 0 aromatic heterocycles. The van der Waals surface area contributed by atoms with Gasteiger partial charge < -0.3 is 0 Å². The summed E-state index contributed by atoms with van der Waals surface area (Å²) in [5.41, 5.74) is 1.29. The average Bonchev–Trinajstić information content (AvgIpc) is 2.17. The highest BCUT2D eigenvalue weighted by molar-refractivity contribution is 6.93. The van der Waals surface area contributed by atoms with Crippen molar-refractivity contribution in [2.75, 3.05) is 0 Å². The smallest absolute Gasteiger partial charge is 0.267 e. The first-order chi connectivity index (χ1) is 6.31. The molecule has 0 amide bonds. The van der Waals surface area contributed by atoms with Gasteiger partial charge in [0, 0.05) is 0 Å². The van der Waals surface area contributed by atoms with Crippen molar-refractivity contribution in [2.24, 2.45) is 0 Å². The predicted molar refractivity (Wildman–Crippen MR) is 62.7 cm³/mol. The fourth-order valence-corrected chi connectivity index (χ4v) is 2.07. The maximum absolute atomic E-state index is 5.52. The van der Waals surface area contributed by atoms with Gasteiger partial charge in [0.05, 0.1) is 0 Å². The molecule has 0 aliphatic carbocycles. The number of rotatable bonds is 3. The van der Waals surface area contributed by atoms with E-state index in [1.54, 1.807) is 0 Å². The zero-order valence-electron chi connectivity index (χ0n) is 8.52. The fourth-order valence-electron chi connectivity index (χ4n) is 0.815. The summed E-state index contributed by atoms with van der Waals surface area (Å²) in [7, 11) is 5.52. The van der Waals surface area contributed by atoms with Gasteiger partial charge in [-0.1, -0.05) is 54.9 Å².